The number of nitrogens with one attached hydrogen (secondary N) is 1. The number of amides is 1. The molecule has 0 aliphatic carbocycles. The van der Waals surface area contributed by atoms with Gasteiger partial charge < -0.3 is 16.2 Å². The van der Waals surface area contributed by atoms with Gasteiger partial charge in [-0.15, -0.1) is 0 Å². The lowest BCUT2D eigenvalue weighted by molar-refractivity contribution is -0.120. The fourth-order valence-corrected chi connectivity index (χ4v) is 2.09. The van der Waals surface area contributed by atoms with Crippen LogP contribution in [-0.4, -0.2) is 41.7 Å². The van der Waals surface area contributed by atoms with Gasteiger partial charge in [-0.1, -0.05) is 13.0 Å². The minimum absolute atomic E-state index is 0.0570. The number of nitrogens with zero attached hydrogens (tertiary/aromatic N) is 1. The molecule has 1 aromatic rings. The topological polar surface area (TPSA) is 78.6 Å². The van der Waals surface area contributed by atoms with Crippen LogP contribution in [-0.2, 0) is 4.79 Å². The van der Waals surface area contributed by atoms with Gasteiger partial charge in [0.1, 0.15) is 0 Å². The number of rotatable bonds is 7. The van der Waals surface area contributed by atoms with Gasteiger partial charge in [0.15, 0.2) is 0 Å². The van der Waals surface area contributed by atoms with E-state index in [0.29, 0.717) is 18.7 Å². The van der Waals surface area contributed by atoms with Crippen molar-refractivity contribution in [2.45, 2.75) is 33.2 Å². The molecule has 1 amide bonds. The summed E-state index contributed by atoms with van der Waals surface area (Å²) >= 11 is 0. The van der Waals surface area contributed by atoms with E-state index in [0.717, 1.165) is 17.8 Å². The van der Waals surface area contributed by atoms with Crippen molar-refractivity contribution in [3.63, 3.8) is 0 Å². The maximum atomic E-state index is 12.3. The molecule has 0 fully saturated rings. The van der Waals surface area contributed by atoms with Gasteiger partial charge in [-0.2, -0.15) is 0 Å². The first kappa shape index (κ1) is 16.5. The number of carbonyl (C=O) groups excluding carboxylic acids is 1. The van der Waals surface area contributed by atoms with Gasteiger partial charge in [-0.25, -0.2) is 0 Å². The first-order chi connectivity index (χ1) is 9.51. The number of aliphatic hydroxyl groups is 1. The summed E-state index contributed by atoms with van der Waals surface area (Å²) in [6.07, 6.45) is 0.669. The summed E-state index contributed by atoms with van der Waals surface area (Å²) in [5, 5.41) is 11.8. The molecule has 20 heavy (non-hydrogen) atoms. The summed E-state index contributed by atoms with van der Waals surface area (Å²) in [5.74, 6) is -0.0570. The smallest absolute Gasteiger partial charge is 0.241 e. The average molecular weight is 279 g/mol. The predicted octanol–water partition coefficient (Wildman–Crippen LogP) is 1.61. The predicted molar refractivity (Wildman–Crippen MR) is 82.6 cm³/mol. The molecule has 0 aliphatic rings. The minimum atomic E-state index is -0.243. The Hall–Kier alpha value is -1.59. The molecule has 112 valence electrons. The Labute approximate surface area is 120 Å². The largest absolute Gasteiger partial charge is 0.398 e. The van der Waals surface area contributed by atoms with Crippen molar-refractivity contribution < 1.29 is 9.90 Å². The molecule has 1 atom stereocenters. The van der Waals surface area contributed by atoms with Crippen molar-refractivity contribution in [1.29, 1.82) is 0 Å². The van der Waals surface area contributed by atoms with Gasteiger partial charge >= 0.3 is 0 Å². The van der Waals surface area contributed by atoms with Crippen LogP contribution in [0, 0.1) is 6.92 Å². The van der Waals surface area contributed by atoms with Crippen LogP contribution >= 0.6 is 0 Å². The average Bonchev–Trinajstić information content (AvgIpc) is 2.44. The van der Waals surface area contributed by atoms with Crippen LogP contribution in [0.25, 0.3) is 0 Å². The number of benzene rings is 1. The number of anilines is 2. The molecule has 1 unspecified atom stereocenters. The Morgan fingerprint density at radius 1 is 1.50 bits per heavy atom. The van der Waals surface area contributed by atoms with Crippen molar-refractivity contribution in [2.24, 2.45) is 0 Å². The molecule has 0 bridgehead atoms. The third-order valence-electron chi connectivity index (χ3n) is 3.57. The van der Waals surface area contributed by atoms with Gasteiger partial charge in [0.2, 0.25) is 5.91 Å². The third kappa shape index (κ3) is 4.21. The first-order valence-corrected chi connectivity index (χ1v) is 7.02. The molecule has 4 N–H and O–H groups in total. The second kappa shape index (κ2) is 7.87. The van der Waals surface area contributed by atoms with Crippen LogP contribution in [0.2, 0.25) is 0 Å². The summed E-state index contributed by atoms with van der Waals surface area (Å²) in [6.45, 7) is 7.38. The van der Waals surface area contributed by atoms with Gasteiger partial charge in [0.05, 0.1) is 6.04 Å². The maximum Gasteiger partial charge on any atom is 0.241 e. The summed E-state index contributed by atoms with van der Waals surface area (Å²) < 4.78 is 0. The Balaban J connectivity index is 2.71. The Morgan fingerprint density at radius 2 is 2.20 bits per heavy atom. The summed E-state index contributed by atoms with van der Waals surface area (Å²) in [4.78, 5) is 14.3. The van der Waals surface area contributed by atoms with Crippen molar-refractivity contribution in [2.75, 3.05) is 30.7 Å². The summed E-state index contributed by atoms with van der Waals surface area (Å²) in [7, 11) is 0. The molecule has 0 aliphatic heterocycles. The van der Waals surface area contributed by atoms with Crippen LogP contribution in [0.4, 0.5) is 11.4 Å². The minimum Gasteiger partial charge on any atom is -0.398 e. The molecular weight excluding hydrogens is 254 g/mol. The second-order valence-electron chi connectivity index (χ2n) is 4.89. The van der Waals surface area contributed by atoms with Gasteiger partial charge in [0, 0.05) is 24.5 Å². The van der Waals surface area contributed by atoms with Crippen molar-refractivity contribution in [3.8, 4) is 0 Å². The molecule has 0 aromatic heterocycles. The fourth-order valence-electron chi connectivity index (χ4n) is 2.09. The molecule has 0 radical (unpaired) electrons. The standard InChI is InChI=1S/C15H25N3O2/c1-4-18(9-6-10-19)12(3)15(20)17-14-8-5-7-13(16)11(14)2/h5,7-8,12,19H,4,6,9-10,16H2,1-3H3,(H,17,20). The molecule has 1 rings (SSSR count). The number of carbonyl (C=O) groups is 1. The van der Waals surface area contributed by atoms with Crippen LogP contribution in [0.15, 0.2) is 18.2 Å². The molecule has 0 saturated heterocycles. The zero-order valence-corrected chi connectivity index (χ0v) is 12.5. The quantitative estimate of drug-likeness (QED) is 0.663. The normalized spacial score (nSPS) is 12.4. The number of hydrogen-bond acceptors (Lipinski definition) is 4. The number of nitrogens with two attached hydrogens (primary N) is 1. The zero-order valence-electron chi connectivity index (χ0n) is 12.5. The highest BCUT2D eigenvalue weighted by molar-refractivity contribution is 5.95. The molecule has 0 spiro atoms. The van der Waals surface area contributed by atoms with Crippen LogP contribution in [0.1, 0.15) is 25.8 Å². The maximum absolute atomic E-state index is 12.3. The SMILES string of the molecule is CCN(CCCO)C(C)C(=O)Nc1cccc(N)c1C. The number of aliphatic hydroxyl groups excluding tert-OH is 1. The molecule has 5 nitrogen and oxygen atoms in total. The van der Waals surface area contributed by atoms with E-state index in [1.165, 1.54) is 0 Å². The van der Waals surface area contributed by atoms with E-state index in [1.54, 1.807) is 0 Å². The van der Waals surface area contributed by atoms with Crippen LogP contribution in [0.5, 0.6) is 0 Å². The highest BCUT2D eigenvalue weighted by Crippen LogP contribution is 2.20. The summed E-state index contributed by atoms with van der Waals surface area (Å²) in [6, 6.07) is 5.24. The molecule has 1 aromatic carbocycles. The molecular formula is C15H25N3O2. The van der Waals surface area contributed by atoms with E-state index >= 15 is 0 Å². The van der Waals surface area contributed by atoms with E-state index in [9.17, 15) is 4.79 Å². The zero-order chi connectivity index (χ0) is 15.1. The Kier molecular flexibility index (Phi) is 6.48. The number of likely N-dealkylation sites (N-methyl/N-ethyl adjacent to an activating group) is 1. The van der Waals surface area contributed by atoms with Crippen LogP contribution in [0.3, 0.4) is 0 Å². The fraction of sp³-hybridized carbons (Fsp3) is 0.533. The van der Waals surface area contributed by atoms with Crippen molar-refractivity contribution in [1.82, 2.24) is 4.90 Å². The molecule has 0 heterocycles. The van der Waals surface area contributed by atoms with E-state index in [4.69, 9.17) is 10.8 Å². The number of hydrogen-bond donors (Lipinski definition) is 3. The number of nitrogen functional groups attached to an aromatic ring is 1. The van der Waals surface area contributed by atoms with Gasteiger partial charge in [-0.05, 0) is 44.5 Å². The Morgan fingerprint density at radius 3 is 2.80 bits per heavy atom. The second-order valence-corrected chi connectivity index (χ2v) is 4.89. The van der Waals surface area contributed by atoms with Crippen LogP contribution < -0.4 is 11.1 Å². The van der Waals surface area contributed by atoms with E-state index in [-0.39, 0.29) is 18.6 Å². The molecule has 5 heteroatoms. The third-order valence-corrected chi connectivity index (χ3v) is 3.57. The van der Waals surface area contributed by atoms with Gasteiger partial charge in [-0.3, -0.25) is 9.69 Å². The van der Waals surface area contributed by atoms with E-state index in [2.05, 4.69) is 5.32 Å². The summed E-state index contributed by atoms with van der Waals surface area (Å²) in [5.41, 5.74) is 8.14. The highest BCUT2D eigenvalue weighted by atomic mass is 16.3. The monoisotopic (exact) mass is 279 g/mol. The highest BCUT2D eigenvalue weighted by Gasteiger charge is 2.20. The Bertz CT molecular complexity index is 449. The van der Waals surface area contributed by atoms with Gasteiger partial charge in [0.25, 0.3) is 0 Å². The lowest BCUT2D eigenvalue weighted by Crippen LogP contribution is -2.42. The van der Waals surface area contributed by atoms with E-state index in [1.807, 2.05) is 43.9 Å². The van der Waals surface area contributed by atoms with Crippen molar-refractivity contribution in [3.05, 3.63) is 23.8 Å². The van der Waals surface area contributed by atoms with E-state index < -0.39 is 0 Å². The first-order valence-electron chi connectivity index (χ1n) is 7.02. The van der Waals surface area contributed by atoms with Crippen molar-refractivity contribution >= 4 is 17.3 Å². The molecule has 0 saturated carbocycles. The lowest BCUT2D eigenvalue weighted by Gasteiger charge is -2.27. The lowest BCUT2D eigenvalue weighted by atomic mass is 10.1.